The molecule has 1 atom stereocenters. The van der Waals surface area contributed by atoms with E-state index < -0.39 is 0 Å². The fourth-order valence-electron chi connectivity index (χ4n) is 4.77. The van der Waals surface area contributed by atoms with Gasteiger partial charge in [0, 0.05) is 11.6 Å². The molecular formula is C30H31F2N. The number of rotatable bonds is 6. The SMILES string of the molecule is C=C(C)c1ccc(C(CC(C)C)n2ccc3c(C)c(-c4ccc(F)cc4C)cc(F)c32)cc1. The van der Waals surface area contributed by atoms with Gasteiger partial charge in [0.2, 0.25) is 0 Å². The summed E-state index contributed by atoms with van der Waals surface area (Å²) in [5, 5.41) is 0.890. The molecule has 4 rings (SSSR count). The summed E-state index contributed by atoms with van der Waals surface area (Å²) in [6, 6.07) is 16.7. The second-order valence-electron chi connectivity index (χ2n) is 9.52. The quantitative estimate of drug-likeness (QED) is 0.280. The van der Waals surface area contributed by atoms with Gasteiger partial charge in [-0.3, -0.25) is 0 Å². The van der Waals surface area contributed by atoms with Gasteiger partial charge in [-0.05, 0) is 90.8 Å². The van der Waals surface area contributed by atoms with Crippen LogP contribution in [0.2, 0.25) is 0 Å². The summed E-state index contributed by atoms with van der Waals surface area (Å²) in [5.41, 5.74) is 7.37. The average Bonchev–Trinajstić information content (AvgIpc) is 3.21. The van der Waals surface area contributed by atoms with Crippen LogP contribution in [0.3, 0.4) is 0 Å². The summed E-state index contributed by atoms with van der Waals surface area (Å²) >= 11 is 0. The van der Waals surface area contributed by atoms with E-state index in [9.17, 15) is 4.39 Å². The lowest BCUT2D eigenvalue weighted by Gasteiger charge is -2.24. The van der Waals surface area contributed by atoms with E-state index in [1.165, 1.54) is 12.1 Å². The standard InChI is InChI=1S/C30H31F2N/c1-18(2)15-29(23-9-7-22(8-10-23)19(3)4)33-14-13-26-21(6)27(17-28(32)30(26)33)25-12-11-24(31)16-20(25)5/h7-14,16-18,29H,3,15H2,1-2,4-6H3. The maximum atomic E-state index is 15.7. The first-order valence-electron chi connectivity index (χ1n) is 11.5. The van der Waals surface area contributed by atoms with E-state index in [-0.39, 0.29) is 17.7 Å². The number of aromatic nitrogens is 1. The molecule has 0 saturated carbocycles. The predicted molar refractivity (Wildman–Crippen MR) is 136 cm³/mol. The van der Waals surface area contributed by atoms with Gasteiger partial charge >= 0.3 is 0 Å². The summed E-state index contributed by atoms with van der Waals surface area (Å²) in [5.74, 6) is -0.0963. The minimum Gasteiger partial charge on any atom is -0.338 e. The van der Waals surface area contributed by atoms with E-state index >= 15 is 4.39 Å². The molecule has 0 fully saturated rings. The average molecular weight is 444 g/mol. The van der Waals surface area contributed by atoms with Crippen molar-refractivity contribution in [2.75, 3.05) is 0 Å². The Kier molecular flexibility index (Phi) is 6.25. The van der Waals surface area contributed by atoms with E-state index in [0.717, 1.165) is 50.8 Å². The zero-order chi connectivity index (χ0) is 23.9. The van der Waals surface area contributed by atoms with Crippen molar-refractivity contribution in [1.82, 2.24) is 4.57 Å². The molecule has 0 spiro atoms. The number of aryl methyl sites for hydroxylation is 2. The van der Waals surface area contributed by atoms with E-state index in [2.05, 4.69) is 49.3 Å². The number of nitrogens with zero attached hydrogens (tertiary/aromatic N) is 1. The van der Waals surface area contributed by atoms with Crippen molar-refractivity contribution in [3.8, 4) is 11.1 Å². The van der Waals surface area contributed by atoms with Gasteiger partial charge in [-0.1, -0.05) is 56.3 Å². The van der Waals surface area contributed by atoms with E-state index in [1.54, 1.807) is 12.1 Å². The second kappa shape index (κ2) is 8.97. The Balaban J connectivity index is 1.87. The molecule has 0 aliphatic heterocycles. The van der Waals surface area contributed by atoms with E-state index in [4.69, 9.17) is 0 Å². The van der Waals surface area contributed by atoms with Crippen LogP contribution < -0.4 is 0 Å². The van der Waals surface area contributed by atoms with Crippen molar-refractivity contribution in [2.24, 2.45) is 5.92 Å². The maximum absolute atomic E-state index is 15.7. The molecule has 3 heteroatoms. The number of halogens is 2. The van der Waals surface area contributed by atoms with Crippen LogP contribution in [0.5, 0.6) is 0 Å². The Bertz CT molecular complexity index is 1330. The minimum atomic E-state index is -0.282. The molecule has 0 saturated heterocycles. The first-order chi connectivity index (χ1) is 15.7. The highest BCUT2D eigenvalue weighted by Crippen LogP contribution is 2.37. The summed E-state index contributed by atoms with van der Waals surface area (Å²) < 4.78 is 31.4. The van der Waals surface area contributed by atoms with Gasteiger partial charge in [0.15, 0.2) is 0 Å². The van der Waals surface area contributed by atoms with Gasteiger partial charge in [0.25, 0.3) is 0 Å². The van der Waals surface area contributed by atoms with Crippen LogP contribution in [0.25, 0.3) is 27.6 Å². The largest absolute Gasteiger partial charge is 0.338 e. The lowest BCUT2D eigenvalue weighted by atomic mass is 9.93. The minimum absolute atomic E-state index is 0.0222. The molecule has 1 aromatic heterocycles. The normalized spacial score (nSPS) is 12.5. The van der Waals surface area contributed by atoms with Gasteiger partial charge < -0.3 is 4.57 Å². The van der Waals surface area contributed by atoms with E-state index in [1.807, 2.05) is 33.0 Å². The number of allylic oxidation sites excluding steroid dienone is 1. The number of hydrogen-bond donors (Lipinski definition) is 0. The van der Waals surface area contributed by atoms with Crippen LogP contribution >= 0.6 is 0 Å². The van der Waals surface area contributed by atoms with Crippen LogP contribution in [0.15, 0.2) is 67.4 Å². The molecule has 1 heterocycles. The molecule has 0 aliphatic rings. The monoisotopic (exact) mass is 443 g/mol. The van der Waals surface area contributed by atoms with Crippen LogP contribution in [0, 0.1) is 31.4 Å². The van der Waals surface area contributed by atoms with Crippen LogP contribution in [-0.4, -0.2) is 4.57 Å². The third-order valence-electron chi connectivity index (χ3n) is 6.52. The van der Waals surface area contributed by atoms with E-state index in [0.29, 0.717) is 11.4 Å². The molecular weight excluding hydrogens is 412 g/mol. The highest BCUT2D eigenvalue weighted by Gasteiger charge is 2.22. The fraction of sp³-hybridized carbons (Fsp3) is 0.267. The summed E-state index contributed by atoms with van der Waals surface area (Å²) in [6.45, 7) is 14.3. The summed E-state index contributed by atoms with van der Waals surface area (Å²) in [6.07, 6.45) is 2.90. The Hall–Kier alpha value is -3.20. The Labute approximate surface area is 195 Å². The summed E-state index contributed by atoms with van der Waals surface area (Å²) in [7, 11) is 0. The number of hydrogen-bond acceptors (Lipinski definition) is 0. The molecule has 0 amide bonds. The van der Waals surface area contributed by atoms with Gasteiger partial charge in [0.1, 0.15) is 11.6 Å². The predicted octanol–water partition coefficient (Wildman–Crippen LogP) is 8.87. The molecule has 1 unspecified atom stereocenters. The van der Waals surface area contributed by atoms with Crippen molar-refractivity contribution in [3.63, 3.8) is 0 Å². The number of fused-ring (bicyclic) bond motifs is 1. The van der Waals surface area contributed by atoms with Crippen molar-refractivity contribution >= 4 is 16.5 Å². The zero-order valence-electron chi connectivity index (χ0n) is 20.0. The molecule has 1 nitrogen and oxygen atoms in total. The lowest BCUT2D eigenvalue weighted by Crippen LogP contribution is -2.13. The third kappa shape index (κ3) is 4.37. The number of benzene rings is 3. The van der Waals surface area contributed by atoms with Crippen molar-refractivity contribution in [3.05, 3.63) is 101 Å². The Morgan fingerprint density at radius 2 is 1.64 bits per heavy atom. The Morgan fingerprint density at radius 3 is 2.24 bits per heavy atom. The first-order valence-corrected chi connectivity index (χ1v) is 11.5. The van der Waals surface area contributed by atoms with Crippen LogP contribution in [0.1, 0.15) is 55.5 Å². The Morgan fingerprint density at radius 1 is 0.939 bits per heavy atom. The van der Waals surface area contributed by atoms with Crippen molar-refractivity contribution in [1.29, 1.82) is 0 Å². The lowest BCUT2D eigenvalue weighted by molar-refractivity contribution is 0.457. The second-order valence-corrected chi connectivity index (χ2v) is 9.52. The van der Waals surface area contributed by atoms with Crippen molar-refractivity contribution in [2.45, 2.75) is 47.1 Å². The highest BCUT2D eigenvalue weighted by molar-refractivity contribution is 5.91. The van der Waals surface area contributed by atoms with Crippen LogP contribution in [0.4, 0.5) is 8.78 Å². The molecule has 170 valence electrons. The van der Waals surface area contributed by atoms with Crippen molar-refractivity contribution < 1.29 is 8.78 Å². The molecule has 4 aromatic rings. The molecule has 0 N–H and O–H groups in total. The fourth-order valence-corrected chi connectivity index (χ4v) is 4.77. The van der Waals surface area contributed by atoms with Crippen LogP contribution in [-0.2, 0) is 0 Å². The third-order valence-corrected chi connectivity index (χ3v) is 6.52. The zero-order valence-corrected chi connectivity index (χ0v) is 20.0. The topological polar surface area (TPSA) is 4.93 Å². The van der Waals surface area contributed by atoms with Gasteiger partial charge in [-0.15, -0.1) is 0 Å². The molecule has 0 radical (unpaired) electrons. The smallest absolute Gasteiger partial charge is 0.148 e. The highest BCUT2D eigenvalue weighted by atomic mass is 19.1. The van der Waals surface area contributed by atoms with Gasteiger partial charge in [-0.25, -0.2) is 8.78 Å². The van der Waals surface area contributed by atoms with Gasteiger partial charge in [0.05, 0.1) is 11.6 Å². The molecule has 33 heavy (non-hydrogen) atoms. The molecule has 0 bridgehead atoms. The van der Waals surface area contributed by atoms with Gasteiger partial charge in [-0.2, -0.15) is 0 Å². The molecule has 0 aliphatic carbocycles. The first kappa shape index (κ1) is 23.0. The summed E-state index contributed by atoms with van der Waals surface area (Å²) in [4.78, 5) is 0. The maximum Gasteiger partial charge on any atom is 0.148 e. The molecule has 3 aromatic carbocycles.